The Morgan fingerprint density at radius 3 is 2.41 bits per heavy atom. The largest absolute Gasteiger partial charge is 0.456 e. The van der Waals surface area contributed by atoms with E-state index >= 15 is 0 Å². The van der Waals surface area contributed by atoms with E-state index in [0.29, 0.717) is 17.3 Å². The fourth-order valence-corrected chi connectivity index (χ4v) is 6.27. The molecule has 0 radical (unpaired) electrons. The van der Waals surface area contributed by atoms with Crippen LogP contribution in [0.5, 0.6) is 0 Å². The number of ether oxygens (including phenoxy) is 3. The van der Waals surface area contributed by atoms with Crippen LogP contribution < -0.4 is 0 Å². The lowest BCUT2D eigenvalue weighted by molar-refractivity contribution is -0.190. The molecule has 4 heteroatoms. The van der Waals surface area contributed by atoms with Crippen LogP contribution >= 0.6 is 0 Å². The van der Waals surface area contributed by atoms with Gasteiger partial charge in [-0.25, -0.2) is 4.79 Å². The molecule has 1 heterocycles. The second-order valence-corrected chi connectivity index (χ2v) is 10.5. The molecule has 4 aliphatic rings. The van der Waals surface area contributed by atoms with Crippen LogP contribution in [0.25, 0.3) is 0 Å². The second-order valence-electron chi connectivity index (χ2n) is 10.5. The number of hydrogen-bond donors (Lipinski definition) is 0. The fourth-order valence-electron chi connectivity index (χ4n) is 6.27. The number of allylic oxidation sites excluding steroid dienone is 2. The first kappa shape index (κ1) is 21.1. The van der Waals surface area contributed by atoms with Gasteiger partial charge in [-0.1, -0.05) is 18.6 Å². The van der Waals surface area contributed by atoms with E-state index in [2.05, 4.69) is 26.8 Å². The van der Waals surface area contributed by atoms with E-state index in [-0.39, 0.29) is 35.8 Å². The number of methoxy groups -OCH3 is 1. The Labute approximate surface area is 176 Å². The van der Waals surface area contributed by atoms with Gasteiger partial charge in [0.1, 0.15) is 12.2 Å². The van der Waals surface area contributed by atoms with Crippen LogP contribution in [0, 0.1) is 22.7 Å². The highest BCUT2D eigenvalue weighted by atomic mass is 16.6. The average Bonchev–Trinajstić information content (AvgIpc) is 3.58. The topological polar surface area (TPSA) is 48.1 Å². The lowest BCUT2D eigenvalue weighted by Crippen LogP contribution is -2.58. The summed E-state index contributed by atoms with van der Waals surface area (Å²) in [5.74, 6) is 0.928. The molecule has 0 aromatic rings. The van der Waals surface area contributed by atoms with Crippen molar-refractivity contribution in [3.05, 3.63) is 23.8 Å². The van der Waals surface area contributed by atoms with Gasteiger partial charge in [-0.05, 0) is 94.5 Å². The molecule has 4 nitrogen and oxygen atoms in total. The van der Waals surface area contributed by atoms with Crippen molar-refractivity contribution in [2.45, 2.75) is 97.1 Å². The van der Waals surface area contributed by atoms with Crippen LogP contribution in [0.4, 0.5) is 0 Å². The molecule has 4 rings (SSSR count). The summed E-state index contributed by atoms with van der Waals surface area (Å²) in [6.45, 7) is 8.86. The molecule has 3 aliphatic carbocycles. The minimum absolute atomic E-state index is 0.000739. The molecule has 162 valence electrons. The first-order valence-electron chi connectivity index (χ1n) is 11.5. The van der Waals surface area contributed by atoms with Crippen LogP contribution in [0.2, 0.25) is 0 Å². The minimum Gasteiger partial charge on any atom is -0.456 e. The highest BCUT2D eigenvalue weighted by Crippen LogP contribution is 2.70. The SMILES string of the molecule is CO[C@@H]1[C@H](OC(=O)/C=C/[C@H]2O[C@@H]2C)CCC2(CC2)[C@H]1[C@@]1(C)CC[C@@H]1CC=C(C)C. The summed E-state index contributed by atoms with van der Waals surface area (Å²) < 4.78 is 17.4. The molecule has 1 aliphatic heterocycles. The normalized spacial score (nSPS) is 42.4. The summed E-state index contributed by atoms with van der Waals surface area (Å²) >= 11 is 0. The monoisotopic (exact) mass is 402 g/mol. The molecular weight excluding hydrogens is 364 g/mol. The van der Waals surface area contributed by atoms with Crippen LogP contribution in [0.1, 0.15) is 72.6 Å². The Morgan fingerprint density at radius 2 is 1.90 bits per heavy atom. The van der Waals surface area contributed by atoms with Crippen LogP contribution in [-0.2, 0) is 19.0 Å². The van der Waals surface area contributed by atoms with Crippen molar-refractivity contribution in [1.29, 1.82) is 0 Å². The Bertz CT molecular complexity index is 687. The molecule has 0 aromatic carbocycles. The van der Waals surface area contributed by atoms with Crippen molar-refractivity contribution in [1.82, 2.24) is 0 Å². The highest BCUT2D eigenvalue weighted by Gasteiger charge is 2.65. The lowest BCUT2D eigenvalue weighted by Gasteiger charge is -2.59. The molecule has 0 amide bonds. The zero-order valence-corrected chi connectivity index (χ0v) is 18.8. The summed E-state index contributed by atoms with van der Waals surface area (Å²) in [5.41, 5.74) is 2.09. The third-order valence-electron chi connectivity index (χ3n) is 8.38. The Hall–Kier alpha value is -1.13. The molecule has 3 saturated carbocycles. The summed E-state index contributed by atoms with van der Waals surface area (Å²) in [5, 5.41) is 0. The Morgan fingerprint density at radius 1 is 1.17 bits per heavy atom. The summed E-state index contributed by atoms with van der Waals surface area (Å²) in [4.78, 5) is 12.4. The van der Waals surface area contributed by atoms with E-state index in [1.165, 1.54) is 31.3 Å². The predicted molar refractivity (Wildman–Crippen MR) is 113 cm³/mol. The zero-order chi connectivity index (χ0) is 20.8. The summed E-state index contributed by atoms with van der Waals surface area (Å²) in [6, 6.07) is 0. The van der Waals surface area contributed by atoms with Crippen molar-refractivity contribution in [2.24, 2.45) is 22.7 Å². The van der Waals surface area contributed by atoms with E-state index in [9.17, 15) is 4.79 Å². The number of rotatable bonds is 7. The van der Waals surface area contributed by atoms with E-state index < -0.39 is 0 Å². The molecule has 0 aromatic heterocycles. The molecule has 0 unspecified atom stereocenters. The molecule has 4 fully saturated rings. The third kappa shape index (κ3) is 4.07. The van der Waals surface area contributed by atoms with Gasteiger partial charge in [0.2, 0.25) is 0 Å². The van der Waals surface area contributed by atoms with Crippen molar-refractivity contribution < 1.29 is 19.0 Å². The molecule has 0 bridgehead atoms. The molecule has 0 N–H and O–H groups in total. The first-order chi connectivity index (χ1) is 13.8. The van der Waals surface area contributed by atoms with Gasteiger partial charge in [-0.3, -0.25) is 0 Å². The van der Waals surface area contributed by atoms with Gasteiger partial charge in [0.15, 0.2) is 0 Å². The number of epoxide rings is 1. The van der Waals surface area contributed by atoms with E-state index in [1.807, 2.05) is 20.1 Å². The third-order valence-corrected chi connectivity index (χ3v) is 8.38. The fraction of sp³-hybridized carbons (Fsp3) is 0.800. The highest BCUT2D eigenvalue weighted by molar-refractivity contribution is 5.82. The van der Waals surface area contributed by atoms with Gasteiger partial charge >= 0.3 is 5.97 Å². The maximum atomic E-state index is 12.4. The lowest BCUT2D eigenvalue weighted by atomic mass is 9.47. The van der Waals surface area contributed by atoms with Gasteiger partial charge < -0.3 is 14.2 Å². The van der Waals surface area contributed by atoms with Gasteiger partial charge in [0.05, 0.1) is 12.2 Å². The Balaban J connectivity index is 1.48. The Kier molecular flexibility index (Phi) is 5.71. The van der Waals surface area contributed by atoms with Gasteiger partial charge in [-0.2, -0.15) is 0 Å². The summed E-state index contributed by atoms with van der Waals surface area (Å²) in [6.07, 6.45) is 14.3. The van der Waals surface area contributed by atoms with E-state index in [1.54, 1.807) is 6.08 Å². The van der Waals surface area contributed by atoms with Crippen LogP contribution in [-0.4, -0.2) is 37.5 Å². The van der Waals surface area contributed by atoms with Gasteiger partial charge in [0, 0.05) is 13.2 Å². The predicted octanol–water partition coefficient (Wildman–Crippen LogP) is 5.22. The van der Waals surface area contributed by atoms with Crippen LogP contribution in [0.3, 0.4) is 0 Å². The molecule has 1 spiro atoms. The van der Waals surface area contributed by atoms with Crippen LogP contribution in [0.15, 0.2) is 23.8 Å². The molecule has 1 saturated heterocycles. The smallest absolute Gasteiger partial charge is 0.330 e. The van der Waals surface area contributed by atoms with Gasteiger partial charge in [-0.15, -0.1) is 0 Å². The number of carbonyl (C=O) groups excluding carboxylic acids is 1. The molecule has 29 heavy (non-hydrogen) atoms. The van der Waals surface area contributed by atoms with Crippen molar-refractivity contribution in [3.63, 3.8) is 0 Å². The maximum Gasteiger partial charge on any atom is 0.330 e. The maximum absolute atomic E-state index is 12.4. The second kappa shape index (κ2) is 7.85. The minimum atomic E-state index is -0.259. The number of esters is 1. The number of hydrogen-bond acceptors (Lipinski definition) is 4. The summed E-state index contributed by atoms with van der Waals surface area (Å²) in [7, 11) is 1.81. The molecule has 7 atom stereocenters. The van der Waals surface area contributed by atoms with E-state index in [4.69, 9.17) is 14.2 Å². The van der Waals surface area contributed by atoms with Crippen molar-refractivity contribution >= 4 is 5.97 Å². The van der Waals surface area contributed by atoms with Crippen molar-refractivity contribution in [2.75, 3.05) is 7.11 Å². The number of carbonyl (C=O) groups is 1. The standard InChI is InChI=1S/C25H38O4/c1-16(2)6-7-18-10-12-24(18,4)23-22(27-5)20(11-13-25(23)14-15-25)29-21(26)9-8-19-17(3)28-19/h6,8-9,17-20,22-23H,7,10-15H2,1-5H3/b9-8+/t17-,18+,19-,20-,22-,23-,24+/m1/s1. The quantitative estimate of drug-likeness (QED) is 0.253. The van der Waals surface area contributed by atoms with Gasteiger partial charge in [0.25, 0.3) is 0 Å². The zero-order valence-electron chi connectivity index (χ0n) is 18.8. The van der Waals surface area contributed by atoms with Crippen molar-refractivity contribution in [3.8, 4) is 0 Å². The average molecular weight is 403 g/mol. The molecular formula is C25H38O4. The first-order valence-corrected chi connectivity index (χ1v) is 11.5. The van der Waals surface area contributed by atoms with E-state index in [0.717, 1.165) is 19.3 Å².